The van der Waals surface area contributed by atoms with Crippen LogP contribution >= 0.6 is 22.7 Å². The number of carbonyl (C=O) groups excluding carboxylic acids is 1. The van der Waals surface area contributed by atoms with Crippen LogP contribution in [0.2, 0.25) is 0 Å². The largest absolute Gasteiger partial charge is 0.512 e. The third-order valence-electron chi connectivity index (χ3n) is 10.5. The van der Waals surface area contributed by atoms with Crippen LogP contribution in [0.1, 0.15) is 93.6 Å². The first-order valence-corrected chi connectivity index (χ1v) is 19.1. The van der Waals surface area contributed by atoms with Crippen molar-refractivity contribution in [2.75, 3.05) is 0 Å². The number of aliphatic hydroxyl groups is 1. The summed E-state index contributed by atoms with van der Waals surface area (Å²) in [6, 6.07) is 25.4. The number of fused-ring (bicyclic) bond motifs is 3. The topological polar surface area (TPSA) is 63.1 Å². The second-order valence-corrected chi connectivity index (χ2v) is 16.5. The van der Waals surface area contributed by atoms with Crippen molar-refractivity contribution >= 4 is 59.5 Å². The zero-order valence-electron chi connectivity index (χ0n) is 30.7. The predicted octanol–water partition coefficient (Wildman–Crippen LogP) is 13.1. The standard InChI is InChI=1S/C28H21N2S2.C15H28O2.Ir/c1-28(2,3)23-14-19(13-18-7-4-5-9-20(18)23)25-22-15-24(32-27(22)30-16-29-25)21-10-6-8-17-11-12-31-26(17)21;1-7-14(5,8-2)12(16)11-13(17)15(6,9-3)10-4;/h4-12,14-16H,1-3H3;11,16H,7-10H2,1-6H3;/q-1;;/b;12-11-;. The number of thiophene rings is 2. The van der Waals surface area contributed by atoms with Gasteiger partial charge in [-0.15, -0.1) is 51.8 Å². The van der Waals surface area contributed by atoms with Crippen LogP contribution in [0.3, 0.4) is 0 Å². The molecule has 0 bridgehead atoms. The molecule has 0 aliphatic rings. The summed E-state index contributed by atoms with van der Waals surface area (Å²) in [6.07, 6.45) is 6.44. The summed E-state index contributed by atoms with van der Waals surface area (Å²) >= 11 is 3.52. The molecule has 265 valence electrons. The number of aromatic nitrogens is 2. The summed E-state index contributed by atoms with van der Waals surface area (Å²) in [6.45, 7) is 18.9. The van der Waals surface area contributed by atoms with Gasteiger partial charge in [0.1, 0.15) is 16.9 Å². The number of hydrogen-bond donors (Lipinski definition) is 1. The molecule has 3 aromatic carbocycles. The van der Waals surface area contributed by atoms with E-state index in [1.807, 2.05) is 41.5 Å². The van der Waals surface area contributed by atoms with Crippen molar-refractivity contribution in [3.05, 3.63) is 95.8 Å². The van der Waals surface area contributed by atoms with Gasteiger partial charge in [0.25, 0.3) is 0 Å². The van der Waals surface area contributed by atoms with Crippen LogP contribution in [-0.4, -0.2) is 20.9 Å². The maximum Gasteiger partial charge on any atom is 0.164 e. The summed E-state index contributed by atoms with van der Waals surface area (Å²) in [5.41, 5.74) is 3.97. The Bertz CT molecular complexity index is 2130. The minimum Gasteiger partial charge on any atom is -0.512 e. The van der Waals surface area contributed by atoms with Crippen LogP contribution in [-0.2, 0) is 30.3 Å². The summed E-state index contributed by atoms with van der Waals surface area (Å²) in [7, 11) is 0. The van der Waals surface area contributed by atoms with Gasteiger partial charge in [0.05, 0.1) is 0 Å². The fraction of sp³-hybridized carbons (Fsp3) is 0.372. The van der Waals surface area contributed by atoms with Gasteiger partial charge >= 0.3 is 0 Å². The van der Waals surface area contributed by atoms with Gasteiger partial charge < -0.3 is 5.11 Å². The molecule has 0 saturated carbocycles. The molecular weight excluding hydrogens is 833 g/mol. The molecule has 0 atom stereocenters. The summed E-state index contributed by atoms with van der Waals surface area (Å²) in [5, 5.41) is 17.0. The number of allylic oxidation sites excluding steroid dienone is 2. The molecule has 0 saturated heterocycles. The molecule has 1 N–H and O–H groups in total. The van der Waals surface area contributed by atoms with Gasteiger partial charge in [-0.25, -0.2) is 4.98 Å². The second kappa shape index (κ2) is 16.0. The maximum absolute atomic E-state index is 12.2. The van der Waals surface area contributed by atoms with Gasteiger partial charge in [0.15, 0.2) is 5.78 Å². The molecule has 0 amide bonds. The minimum atomic E-state index is -0.337. The average Bonchev–Trinajstić information content (AvgIpc) is 3.78. The third-order valence-corrected chi connectivity index (χ3v) is 12.6. The fourth-order valence-electron chi connectivity index (χ4n) is 6.05. The second-order valence-electron chi connectivity index (χ2n) is 14.5. The third kappa shape index (κ3) is 7.97. The van der Waals surface area contributed by atoms with Crippen LogP contribution in [0.25, 0.3) is 52.8 Å². The molecule has 3 aromatic heterocycles. The maximum atomic E-state index is 12.2. The van der Waals surface area contributed by atoms with E-state index in [1.165, 1.54) is 37.6 Å². The van der Waals surface area contributed by atoms with E-state index in [1.54, 1.807) is 29.0 Å². The number of aliphatic hydroxyl groups excluding tert-OH is 1. The van der Waals surface area contributed by atoms with E-state index in [9.17, 15) is 9.90 Å². The van der Waals surface area contributed by atoms with Crippen LogP contribution in [0.15, 0.2) is 84.2 Å². The predicted molar refractivity (Wildman–Crippen MR) is 212 cm³/mol. The van der Waals surface area contributed by atoms with Gasteiger partial charge in [-0.1, -0.05) is 110 Å². The average molecular weight is 882 g/mol. The first-order chi connectivity index (χ1) is 23.3. The van der Waals surface area contributed by atoms with Crippen molar-refractivity contribution in [3.63, 3.8) is 0 Å². The molecule has 1 radical (unpaired) electrons. The smallest absolute Gasteiger partial charge is 0.164 e. The molecule has 50 heavy (non-hydrogen) atoms. The Kier molecular flexibility index (Phi) is 12.6. The monoisotopic (exact) mass is 882 g/mol. The molecular formula is C43H49IrN2O2S2-. The van der Waals surface area contributed by atoms with Crippen molar-refractivity contribution in [2.24, 2.45) is 10.8 Å². The van der Waals surface area contributed by atoms with Crippen molar-refractivity contribution < 1.29 is 30.0 Å². The van der Waals surface area contributed by atoms with Crippen LogP contribution < -0.4 is 0 Å². The summed E-state index contributed by atoms with van der Waals surface area (Å²) in [4.78, 5) is 23.8. The molecule has 6 rings (SSSR count). The Morgan fingerprint density at radius 2 is 1.52 bits per heavy atom. The molecule has 0 spiro atoms. The quantitative estimate of drug-likeness (QED) is 0.0893. The first kappa shape index (κ1) is 39.6. The zero-order valence-corrected chi connectivity index (χ0v) is 34.8. The molecule has 6 aromatic rings. The van der Waals surface area contributed by atoms with Gasteiger partial charge in [-0.05, 0) is 54.0 Å². The Morgan fingerprint density at radius 3 is 2.18 bits per heavy atom. The van der Waals surface area contributed by atoms with E-state index in [4.69, 9.17) is 4.98 Å². The van der Waals surface area contributed by atoms with E-state index in [0.717, 1.165) is 52.5 Å². The van der Waals surface area contributed by atoms with Crippen LogP contribution in [0.5, 0.6) is 0 Å². The normalized spacial score (nSPS) is 12.5. The fourth-order valence-corrected chi connectivity index (χ4v) is 8.07. The number of rotatable bonds is 9. The Hall–Kier alpha value is -3.22. The van der Waals surface area contributed by atoms with E-state index < -0.39 is 0 Å². The van der Waals surface area contributed by atoms with Crippen molar-refractivity contribution in [2.45, 2.75) is 93.4 Å². The Balaban J connectivity index is 0.000000269. The van der Waals surface area contributed by atoms with Crippen LogP contribution in [0, 0.1) is 16.9 Å². The number of carbonyl (C=O) groups is 1. The van der Waals surface area contributed by atoms with E-state index in [0.29, 0.717) is 0 Å². The SMILES string of the molecule is CC(C)(C)c1cc(-c2ncnc3sc(-c4cccc5ccsc45)cc23)[c-]c2ccccc12.CCC(C)(CC)C(=O)/C=C(\O)C(C)(CC)CC.[Ir]. The molecule has 0 aliphatic heterocycles. The van der Waals surface area contributed by atoms with Gasteiger partial charge in [0.2, 0.25) is 0 Å². The minimum absolute atomic E-state index is 0. The zero-order chi connectivity index (χ0) is 35.6. The van der Waals surface area contributed by atoms with Gasteiger partial charge in [-0.2, -0.15) is 0 Å². The van der Waals surface area contributed by atoms with Crippen molar-refractivity contribution in [3.8, 4) is 21.7 Å². The van der Waals surface area contributed by atoms with Crippen molar-refractivity contribution in [1.82, 2.24) is 9.97 Å². The van der Waals surface area contributed by atoms with Gasteiger partial charge in [-0.3, -0.25) is 9.78 Å². The Labute approximate surface area is 319 Å². The number of nitrogens with zero attached hydrogens (tertiary/aromatic N) is 2. The summed E-state index contributed by atoms with van der Waals surface area (Å²) < 4.78 is 1.32. The van der Waals surface area contributed by atoms with E-state index >= 15 is 0 Å². The number of ketones is 1. The van der Waals surface area contributed by atoms with E-state index in [2.05, 4.69) is 97.9 Å². The van der Waals surface area contributed by atoms with Crippen molar-refractivity contribution in [1.29, 1.82) is 0 Å². The Morgan fingerprint density at radius 1 is 0.840 bits per heavy atom. The molecule has 7 heteroatoms. The molecule has 0 aliphatic carbocycles. The number of benzene rings is 3. The first-order valence-electron chi connectivity index (χ1n) is 17.4. The molecule has 3 heterocycles. The number of hydrogen-bond acceptors (Lipinski definition) is 6. The van der Waals surface area contributed by atoms with Crippen LogP contribution in [0.4, 0.5) is 0 Å². The molecule has 0 fully saturated rings. The molecule has 0 unspecified atom stereocenters. The molecule has 4 nitrogen and oxygen atoms in total. The van der Waals surface area contributed by atoms with Gasteiger partial charge in [0, 0.05) is 63.2 Å². The van der Waals surface area contributed by atoms with E-state index in [-0.39, 0.29) is 47.9 Å². The summed E-state index contributed by atoms with van der Waals surface area (Å²) in [5.74, 6) is 0.286.